The summed E-state index contributed by atoms with van der Waals surface area (Å²) in [5.41, 5.74) is 2.22. The van der Waals surface area contributed by atoms with Crippen LogP contribution in [-0.2, 0) is 16.1 Å². The Labute approximate surface area is 259 Å². The van der Waals surface area contributed by atoms with Crippen LogP contribution in [-0.4, -0.2) is 31.4 Å². The zero-order chi connectivity index (χ0) is 30.7. The number of allylic oxidation sites excluding steroid dienone is 1. The summed E-state index contributed by atoms with van der Waals surface area (Å²) in [6, 6.07) is 16.2. The van der Waals surface area contributed by atoms with Gasteiger partial charge in [-0.2, -0.15) is 0 Å². The predicted octanol–water partition coefficient (Wildman–Crippen LogP) is 5.30. The Kier molecular flexibility index (Phi) is 9.12. The van der Waals surface area contributed by atoms with Crippen LogP contribution in [0.3, 0.4) is 0 Å². The number of carbonyl (C=O) groups excluding carboxylic acids is 1. The van der Waals surface area contributed by atoms with Gasteiger partial charge < -0.3 is 18.9 Å². The number of hydrogen-bond acceptors (Lipinski definition) is 8. The number of thiazole rings is 1. The highest BCUT2D eigenvalue weighted by Crippen LogP contribution is 2.40. The molecule has 222 valence electrons. The summed E-state index contributed by atoms with van der Waals surface area (Å²) in [5.74, 6) is 0.614. The Morgan fingerprint density at radius 2 is 1.79 bits per heavy atom. The largest absolute Gasteiger partial charge is 0.493 e. The third-order valence-electron chi connectivity index (χ3n) is 6.84. The van der Waals surface area contributed by atoms with Crippen LogP contribution in [0.1, 0.15) is 36.6 Å². The Hall–Kier alpha value is -4.22. The summed E-state index contributed by atoms with van der Waals surface area (Å²) < 4.78 is 38.6. The number of hydrogen-bond donors (Lipinski definition) is 0. The summed E-state index contributed by atoms with van der Waals surface area (Å²) in [6.45, 7) is 3.71. The van der Waals surface area contributed by atoms with E-state index in [1.165, 1.54) is 36.2 Å². The van der Waals surface area contributed by atoms with E-state index in [9.17, 15) is 14.0 Å². The van der Waals surface area contributed by atoms with Gasteiger partial charge in [0.05, 0.1) is 42.7 Å². The normalized spacial score (nSPS) is 14.7. The van der Waals surface area contributed by atoms with E-state index in [4.69, 9.17) is 18.9 Å². The van der Waals surface area contributed by atoms with Gasteiger partial charge in [-0.05, 0) is 61.4 Å². The van der Waals surface area contributed by atoms with Crippen molar-refractivity contribution >= 4 is 39.3 Å². The molecule has 0 fully saturated rings. The van der Waals surface area contributed by atoms with Crippen molar-refractivity contribution in [3.8, 4) is 17.2 Å². The van der Waals surface area contributed by atoms with E-state index in [0.717, 1.165) is 5.56 Å². The van der Waals surface area contributed by atoms with Gasteiger partial charge in [0.1, 0.15) is 18.2 Å². The molecular weight excluding hydrogens is 639 g/mol. The van der Waals surface area contributed by atoms with Crippen LogP contribution in [0.15, 0.2) is 86.2 Å². The van der Waals surface area contributed by atoms with Gasteiger partial charge in [-0.15, -0.1) is 0 Å². The number of fused-ring (bicyclic) bond motifs is 1. The SMILES string of the molecule is CCOC(=O)C1=C(C)N=c2s/c(=C\c3ccc(OCc4ccccc4F)cc3)c(=O)n2[C@H]1c1cc(OC)c(OC)cc1Br. The minimum atomic E-state index is -0.833. The number of methoxy groups -OCH3 is 2. The lowest BCUT2D eigenvalue weighted by Gasteiger charge is -2.26. The molecule has 1 aromatic heterocycles. The second-order valence-corrected chi connectivity index (χ2v) is 11.3. The van der Waals surface area contributed by atoms with Crippen LogP contribution >= 0.6 is 27.3 Å². The van der Waals surface area contributed by atoms with Gasteiger partial charge >= 0.3 is 5.97 Å². The molecular formula is C32H28BrFN2O6S. The predicted molar refractivity (Wildman–Crippen MR) is 165 cm³/mol. The van der Waals surface area contributed by atoms with Gasteiger partial charge in [-0.25, -0.2) is 14.2 Å². The fraction of sp³-hybridized carbons (Fsp3) is 0.219. The molecule has 0 radical (unpaired) electrons. The molecule has 0 N–H and O–H groups in total. The molecule has 0 spiro atoms. The highest BCUT2D eigenvalue weighted by atomic mass is 79.9. The molecule has 11 heteroatoms. The van der Waals surface area contributed by atoms with Gasteiger partial charge in [-0.3, -0.25) is 9.36 Å². The number of ether oxygens (including phenoxy) is 4. The lowest BCUT2D eigenvalue weighted by atomic mass is 9.95. The van der Waals surface area contributed by atoms with Crippen molar-refractivity contribution in [1.29, 1.82) is 0 Å². The Bertz CT molecular complexity index is 1900. The van der Waals surface area contributed by atoms with Gasteiger partial charge in [0.2, 0.25) is 0 Å². The van der Waals surface area contributed by atoms with Crippen LogP contribution in [0.25, 0.3) is 6.08 Å². The van der Waals surface area contributed by atoms with Crippen molar-refractivity contribution < 1.29 is 28.1 Å². The first-order valence-electron chi connectivity index (χ1n) is 13.3. The maximum absolute atomic E-state index is 14.0. The van der Waals surface area contributed by atoms with Crippen molar-refractivity contribution in [2.24, 2.45) is 4.99 Å². The molecule has 1 atom stereocenters. The standard InChI is InChI=1S/C32H28BrFN2O6S/c1-5-41-31(38)28-18(2)35-32-36(29(28)22-15-25(39-3)26(40-4)16-23(22)33)30(37)27(43-32)14-19-10-12-21(13-11-19)42-17-20-8-6-7-9-24(20)34/h6-16,29H,5,17H2,1-4H3/b27-14-/t29-/m0/s1. The number of nitrogens with zero attached hydrogens (tertiary/aromatic N) is 2. The highest BCUT2D eigenvalue weighted by Gasteiger charge is 2.35. The zero-order valence-electron chi connectivity index (χ0n) is 23.9. The van der Waals surface area contributed by atoms with Crippen molar-refractivity contribution in [1.82, 2.24) is 4.57 Å². The van der Waals surface area contributed by atoms with Gasteiger partial charge in [0.25, 0.3) is 5.56 Å². The second kappa shape index (κ2) is 13.0. The molecule has 1 aliphatic rings. The number of rotatable bonds is 9. The number of aromatic nitrogens is 1. The molecule has 0 saturated heterocycles. The number of carbonyl (C=O) groups is 1. The van der Waals surface area contributed by atoms with Crippen molar-refractivity contribution in [3.05, 3.63) is 119 Å². The van der Waals surface area contributed by atoms with E-state index in [0.29, 0.717) is 47.9 Å². The maximum atomic E-state index is 14.0. The number of benzene rings is 3. The maximum Gasteiger partial charge on any atom is 0.338 e. The van der Waals surface area contributed by atoms with Crippen LogP contribution in [0, 0.1) is 5.82 Å². The summed E-state index contributed by atoms with van der Waals surface area (Å²) in [5, 5.41) is 0. The van der Waals surface area contributed by atoms with Crippen molar-refractivity contribution in [2.45, 2.75) is 26.5 Å². The number of esters is 1. The van der Waals surface area contributed by atoms with Crippen molar-refractivity contribution in [2.75, 3.05) is 20.8 Å². The first-order chi connectivity index (χ1) is 20.7. The van der Waals surface area contributed by atoms with Gasteiger partial charge in [-0.1, -0.05) is 57.6 Å². The van der Waals surface area contributed by atoms with Gasteiger partial charge in [0.15, 0.2) is 16.3 Å². The smallest absolute Gasteiger partial charge is 0.338 e. The summed E-state index contributed by atoms with van der Waals surface area (Å²) in [6.07, 6.45) is 1.76. The quantitative estimate of drug-likeness (QED) is 0.226. The molecule has 8 nitrogen and oxygen atoms in total. The van der Waals surface area contributed by atoms with Crippen LogP contribution < -0.4 is 29.1 Å². The molecule has 3 aromatic carbocycles. The summed E-state index contributed by atoms with van der Waals surface area (Å²) in [7, 11) is 3.05. The summed E-state index contributed by atoms with van der Waals surface area (Å²) >= 11 is 4.82. The monoisotopic (exact) mass is 666 g/mol. The molecule has 2 heterocycles. The molecule has 0 unspecified atom stereocenters. The lowest BCUT2D eigenvalue weighted by Crippen LogP contribution is -2.40. The molecule has 4 aromatic rings. The van der Waals surface area contributed by atoms with Crippen LogP contribution in [0.2, 0.25) is 0 Å². The number of halogens is 2. The van der Waals surface area contributed by atoms with E-state index in [2.05, 4.69) is 20.9 Å². The molecule has 0 saturated carbocycles. The minimum absolute atomic E-state index is 0.0957. The third-order valence-corrected chi connectivity index (χ3v) is 8.51. The first-order valence-corrected chi connectivity index (χ1v) is 14.9. The Balaban J connectivity index is 1.56. The average molecular weight is 668 g/mol. The average Bonchev–Trinajstić information content (AvgIpc) is 3.30. The molecule has 5 rings (SSSR count). The minimum Gasteiger partial charge on any atom is -0.493 e. The van der Waals surface area contributed by atoms with Gasteiger partial charge in [0, 0.05) is 10.0 Å². The molecule has 0 bridgehead atoms. The Morgan fingerprint density at radius 1 is 1.09 bits per heavy atom. The third kappa shape index (κ3) is 6.14. The Morgan fingerprint density at radius 3 is 2.47 bits per heavy atom. The zero-order valence-corrected chi connectivity index (χ0v) is 26.3. The second-order valence-electron chi connectivity index (χ2n) is 9.48. The molecule has 0 aliphatic carbocycles. The fourth-order valence-electron chi connectivity index (χ4n) is 4.75. The van der Waals surface area contributed by atoms with Crippen LogP contribution in [0.4, 0.5) is 4.39 Å². The molecule has 43 heavy (non-hydrogen) atoms. The van der Waals surface area contributed by atoms with E-state index in [1.807, 2.05) is 12.1 Å². The van der Waals surface area contributed by atoms with Crippen molar-refractivity contribution in [3.63, 3.8) is 0 Å². The summed E-state index contributed by atoms with van der Waals surface area (Å²) in [4.78, 5) is 32.3. The van der Waals surface area contributed by atoms with E-state index in [-0.39, 0.29) is 30.2 Å². The van der Waals surface area contributed by atoms with E-state index < -0.39 is 12.0 Å². The van der Waals surface area contributed by atoms with Crippen LogP contribution in [0.5, 0.6) is 17.2 Å². The van der Waals surface area contributed by atoms with E-state index >= 15 is 0 Å². The molecule has 1 aliphatic heterocycles. The lowest BCUT2D eigenvalue weighted by molar-refractivity contribution is -0.139. The fourth-order valence-corrected chi connectivity index (χ4v) is 6.34. The topological polar surface area (TPSA) is 88.4 Å². The molecule has 0 amide bonds. The first kappa shape index (κ1) is 30.2. The highest BCUT2D eigenvalue weighted by molar-refractivity contribution is 9.10. The van der Waals surface area contributed by atoms with E-state index in [1.54, 1.807) is 62.4 Å².